The van der Waals surface area contributed by atoms with Gasteiger partial charge < -0.3 is 24.8 Å². The van der Waals surface area contributed by atoms with Gasteiger partial charge in [-0.3, -0.25) is 9.59 Å². The summed E-state index contributed by atoms with van der Waals surface area (Å²) in [7, 11) is 2.88. The van der Waals surface area contributed by atoms with Crippen LogP contribution in [0.1, 0.15) is 11.1 Å². The van der Waals surface area contributed by atoms with E-state index in [9.17, 15) is 14.7 Å². The molecule has 3 rings (SSSR count). The molecule has 2 heterocycles. The predicted octanol–water partition coefficient (Wildman–Crippen LogP) is 1.97. The van der Waals surface area contributed by atoms with Crippen LogP contribution in [0.2, 0.25) is 10.0 Å². The second-order valence-electron chi connectivity index (χ2n) is 5.91. The van der Waals surface area contributed by atoms with E-state index < -0.39 is 18.4 Å². The van der Waals surface area contributed by atoms with Gasteiger partial charge in [0.25, 0.3) is 5.91 Å². The second kappa shape index (κ2) is 7.85. The van der Waals surface area contributed by atoms with Crippen molar-refractivity contribution < 1.29 is 24.2 Å². The molecule has 2 amide bonds. The Morgan fingerprint density at radius 3 is 2.59 bits per heavy atom. The fraction of sp³-hybridized carbons (Fsp3) is 0.353. The van der Waals surface area contributed by atoms with E-state index in [1.165, 1.54) is 19.1 Å². The number of methoxy groups -OCH3 is 2. The number of fused-ring (bicyclic) bond motifs is 3. The number of amides is 2. The molecule has 0 saturated carbocycles. The lowest BCUT2D eigenvalue weighted by molar-refractivity contribution is -0.134. The van der Waals surface area contributed by atoms with E-state index in [1.54, 1.807) is 6.07 Å². The Morgan fingerprint density at radius 2 is 1.96 bits per heavy atom. The summed E-state index contributed by atoms with van der Waals surface area (Å²) < 4.78 is 10.1. The highest BCUT2D eigenvalue weighted by atomic mass is 35.5. The minimum Gasteiger partial charge on any atom is -0.495 e. The van der Waals surface area contributed by atoms with Crippen molar-refractivity contribution in [3.8, 4) is 5.75 Å². The van der Waals surface area contributed by atoms with E-state index in [2.05, 4.69) is 10.3 Å². The van der Waals surface area contributed by atoms with Gasteiger partial charge in [0, 0.05) is 24.6 Å². The van der Waals surface area contributed by atoms with Crippen molar-refractivity contribution in [2.45, 2.75) is 13.1 Å². The van der Waals surface area contributed by atoms with Gasteiger partial charge in [-0.2, -0.15) is 0 Å². The molecule has 0 radical (unpaired) electrons. The number of nitrogens with one attached hydrogen (secondary N) is 1. The van der Waals surface area contributed by atoms with Gasteiger partial charge in [0.15, 0.2) is 0 Å². The Labute approximate surface area is 165 Å². The maximum atomic E-state index is 12.0. The summed E-state index contributed by atoms with van der Waals surface area (Å²) in [5.74, 6) is -0.174. The molecule has 0 aliphatic carbocycles. The zero-order chi connectivity index (χ0) is 19.7. The zero-order valence-electron chi connectivity index (χ0n) is 14.6. The normalized spacial score (nSPS) is 13.0. The summed E-state index contributed by atoms with van der Waals surface area (Å²) in [5.41, 5.74) is 1.80. The third-order valence-electron chi connectivity index (χ3n) is 4.29. The molecule has 0 fully saturated rings. The average Bonchev–Trinajstić information content (AvgIpc) is 3.10. The molecule has 10 heteroatoms. The maximum absolute atomic E-state index is 12.0. The van der Waals surface area contributed by atoms with Crippen molar-refractivity contribution in [3.63, 3.8) is 0 Å². The van der Waals surface area contributed by atoms with Gasteiger partial charge in [-0.05, 0) is 11.6 Å². The van der Waals surface area contributed by atoms with E-state index in [1.807, 2.05) is 0 Å². The number of pyridine rings is 1. The first kappa shape index (κ1) is 19.6. The molecule has 27 heavy (non-hydrogen) atoms. The number of benzene rings is 1. The first-order valence-corrected chi connectivity index (χ1v) is 8.71. The first-order chi connectivity index (χ1) is 12.9. The molecular formula is C17H17Cl2N3O5. The van der Waals surface area contributed by atoms with E-state index in [4.69, 9.17) is 32.7 Å². The molecular weight excluding hydrogens is 397 g/mol. The first-order valence-electron chi connectivity index (χ1n) is 7.96. The Balaban J connectivity index is 2.20. The molecule has 0 bridgehead atoms. The number of hydrogen-bond acceptors (Lipinski definition) is 6. The minimum atomic E-state index is -0.610. The molecule has 0 unspecified atom stereocenters. The number of carbonyl (C=O) groups excluding carboxylic acids is 2. The van der Waals surface area contributed by atoms with Gasteiger partial charge >= 0.3 is 0 Å². The fourth-order valence-corrected chi connectivity index (χ4v) is 3.49. The lowest BCUT2D eigenvalue weighted by Crippen LogP contribution is -2.28. The van der Waals surface area contributed by atoms with Crippen molar-refractivity contribution in [2.75, 3.05) is 32.8 Å². The number of nitrogens with zero attached hydrogens (tertiary/aromatic N) is 2. The predicted molar refractivity (Wildman–Crippen MR) is 100 cm³/mol. The lowest BCUT2D eigenvalue weighted by atomic mass is 10.0. The van der Waals surface area contributed by atoms with Crippen molar-refractivity contribution in [1.82, 2.24) is 9.88 Å². The SMILES string of the molecule is COCC(=O)Nc1nc2c(Cl)c(Cl)c(OC)cc2c2c1CN(C(=O)CO)C2. The Bertz CT molecular complexity index is 935. The van der Waals surface area contributed by atoms with Crippen LogP contribution in [0.5, 0.6) is 5.75 Å². The standard InChI is InChI=1S/C17H17Cl2N3O5/c1-26-7-12(24)20-17-10-5-22(13(25)6-23)4-9(10)8-3-11(27-2)14(18)15(19)16(8)21-17/h3,23H,4-7H2,1-2H3,(H,20,21,24). The topological polar surface area (TPSA) is 101 Å². The highest BCUT2D eigenvalue weighted by Crippen LogP contribution is 2.42. The smallest absolute Gasteiger partial charge is 0.251 e. The zero-order valence-corrected chi connectivity index (χ0v) is 16.1. The third-order valence-corrected chi connectivity index (χ3v) is 5.13. The summed E-state index contributed by atoms with van der Waals surface area (Å²) in [5, 5.41) is 12.9. The summed E-state index contributed by atoms with van der Waals surface area (Å²) in [4.78, 5) is 29.9. The number of aromatic nitrogens is 1. The van der Waals surface area contributed by atoms with Crippen molar-refractivity contribution >= 4 is 51.7 Å². The summed E-state index contributed by atoms with van der Waals surface area (Å²) in [6, 6.07) is 1.70. The van der Waals surface area contributed by atoms with E-state index >= 15 is 0 Å². The average molecular weight is 414 g/mol. The number of hydrogen-bond donors (Lipinski definition) is 2. The second-order valence-corrected chi connectivity index (χ2v) is 6.67. The highest BCUT2D eigenvalue weighted by molar-refractivity contribution is 6.46. The van der Waals surface area contributed by atoms with E-state index in [-0.39, 0.29) is 35.6 Å². The molecule has 0 saturated heterocycles. The number of rotatable bonds is 5. The molecule has 1 aliphatic heterocycles. The maximum Gasteiger partial charge on any atom is 0.251 e. The minimum absolute atomic E-state index is 0.148. The summed E-state index contributed by atoms with van der Waals surface area (Å²) >= 11 is 12.6. The molecule has 1 aromatic heterocycles. The number of halogens is 2. The van der Waals surface area contributed by atoms with Crippen LogP contribution in [0.15, 0.2) is 6.07 Å². The molecule has 8 nitrogen and oxygen atoms in total. The van der Waals surface area contributed by atoms with Gasteiger partial charge in [-0.25, -0.2) is 4.98 Å². The summed E-state index contributed by atoms with van der Waals surface area (Å²) in [6.07, 6.45) is 0. The van der Waals surface area contributed by atoms with Gasteiger partial charge in [-0.15, -0.1) is 0 Å². The molecule has 2 aromatic rings. The van der Waals surface area contributed by atoms with Gasteiger partial charge in [0.2, 0.25) is 5.91 Å². The quantitative estimate of drug-likeness (QED) is 0.776. The summed E-state index contributed by atoms with van der Waals surface area (Å²) in [6.45, 7) is -0.323. The Kier molecular flexibility index (Phi) is 5.71. The molecule has 0 atom stereocenters. The van der Waals surface area contributed by atoms with Gasteiger partial charge in [-0.1, -0.05) is 23.2 Å². The van der Waals surface area contributed by atoms with Crippen LogP contribution in [0.3, 0.4) is 0 Å². The highest BCUT2D eigenvalue weighted by Gasteiger charge is 2.30. The van der Waals surface area contributed by atoms with Crippen LogP contribution in [0.4, 0.5) is 5.82 Å². The van der Waals surface area contributed by atoms with Crippen LogP contribution < -0.4 is 10.1 Å². The Morgan fingerprint density at radius 1 is 1.26 bits per heavy atom. The monoisotopic (exact) mass is 413 g/mol. The third kappa shape index (κ3) is 3.53. The van der Waals surface area contributed by atoms with Crippen LogP contribution in [-0.4, -0.2) is 54.2 Å². The number of carbonyl (C=O) groups is 2. The van der Waals surface area contributed by atoms with Crippen molar-refractivity contribution in [3.05, 3.63) is 27.2 Å². The number of anilines is 1. The number of aliphatic hydroxyl groups excluding tert-OH is 1. The number of aliphatic hydroxyl groups is 1. The number of ether oxygens (including phenoxy) is 2. The van der Waals surface area contributed by atoms with Crippen molar-refractivity contribution in [2.24, 2.45) is 0 Å². The van der Waals surface area contributed by atoms with Crippen LogP contribution >= 0.6 is 23.2 Å². The largest absolute Gasteiger partial charge is 0.495 e. The van der Waals surface area contributed by atoms with Crippen LogP contribution in [0, 0.1) is 0 Å². The van der Waals surface area contributed by atoms with Crippen LogP contribution in [0.25, 0.3) is 10.9 Å². The van der Waals surface area contributed by atoms with Crippen molar-refractivity contribution in [1.29, 1.82) is 0 Å². The van der Waals surface area contributed by atoms with Gasteiger partial charge in [0.1, 0.15) is 29.8 Å². The molecule has 0 spiro atoms. The molecule has 1 aliphatic rings. The van der Waals surface area contributed by atoms with E-state index in [0.29, 0.717) is 22.2 Å². The fourth-order valence-electron chi connectivity index (χ4n) is 3.03. The van der Waals surface area contributed by atoms with Gasteiger partial charge in [0.05, 0.1) is 24.2 Å². The van der Waals surface area contributed by atoms with Crippen LogP contribution in [-0.2, 0) is 27.4 Å². The molecule has 144 valence electrons. The lowest BCUT2D eigenvalue weighted by Gasteiger charge is -2.14. The molecule has 2 N–H and O–H groups in total. The molecule has 1 aromatic carbocycles. The van der Waals surface area contributed by atoms with E-state index in [0.717, 1.165) is 5.56 Å². The Hall–Kier alpha value is -2.13.